The molecule has 3 aromatic rings. The molecule has 23 heavy (non-hydrogen) atoms. The Morgan fingerprint density at radius 1 is 1.30 bits per heavy atom. The Labute approximate surface area is 128 Å². The van der Waals surface area contributed by atoms with Crippen molar-refractivity contribution >= 4 is 5.65 Å². The van der Waals surface area contributed by atoms with Gasteiger partial charge in [-0.25, -0.2) is 4.98 Å². The van der Waals surface area contributed by atoms with Crippen LogP contribution in [0.3, 0.4) is 0 Å². The number of aromatic nitrogens is 5. The maximum atomic E-state index is 12.9. The topological polar surface area (TPSA) is 78.3 Å². The summed E-state index contributed by atoms with van der Waals surface area (Å²) in [6.07, 6.45) is -3.37. The van der Waals surface area contributed by atoms with Crippen LogP contribution in [0.15, 0.2) is 23.0 Å². The lowest BCUT2D eigenvalue weighted by molar-refractivity contribution is -0.137. The summed E-state index contributed by atoms with van der Waals surface area (Å²) in [5.74, 6) is 0.623. The van der Waals surface area contributed by atoms with Crippen LogP contribution in [0.2, 0.25) is 0 Å². The second-order valence-corrected chi connectivity index (χ2v) is 5.10. The van der Waals surface area contributed by atoms with Gasteiger partial charge in [0.25, 0.3) is 5.89 Å². The first-order valence-electron chi connectivity index (χ1n) is 6.71. The molecule has 0 atom stereocenters. The van der Waals surface area contributed by atoms with E-state index >= 15 is 0 Å². The second kappa shape index (κ2) is 5.52. The molecular formula is C13H12F3N5O2. The molecule has 0 radical (unpaired) electrons. The van der Waals surface area contributed by atoms with E-state index in [1.165, 1.54) is 0 Å². The highest BCUT2D eigenvalue weighted by Crippen LogP contribution is 2.32. The number of nitrogens with zero attached hydrogens (tertiary/aromatic N) is 5. The number of rotatable bonds is 4. The Balaban J connectivity index is 1.87. The largest absolute Gasteiger partial charge is 0.467 e. The molecule has 0 aliphatic heterocycles. The van der Waals surface area contributed by atoms with Crippen molar-refractivity contribution in [1.82, 2.24) is 24.7 Å². The molecular weight excluding hydrogens is 315 g/mol. The molecule has 0 spiro atoms. The van der Waals surface area contributed by atoms with Crippen molar-refractivity contribution in [3.8, 4) is 5.88 Å². The van der Waals surface area contributed by atoms with E-state index in [0.717, 1.165) is 23.0 Å². The van der Waals surface area contributed by atoms with Gasteiger partial charge in [0.15, 0.2) is 18.1 Å². The average Bonchev–Trinajstić information content (AvgIpc) is 3.12. The molecule has 0 N–H and O–H groups in total. The van der Waals surface area contributed by atoms with Crippen LogP contribution in [0.5, 0.6) is 5.88 Å². The summed E-state index contributed by atoms with van der Waals surface area (Å²) in [4.78, 5) is 7.85. The molecule has 0 aliphatic carbocycles. The van der Waals surface area contributed by atoms with Crippen LogP contribution in [0.4, 0.5) is 13.2 Å². The molecule has 0 fully saturated rings. The van der Waals surface area contributed by atoms with Gasteiger partial charge in [0.2, 0.25) is 5.88 Å². The van der Waals surface area contributed by atoms with E-state index in [-0.39, 0.29) is 29.9 Å². The van der Waals surface area contributed by atoms with Gasteiger partial charge in [-0.15, -0.1) is 0 Å². The van der Waals surface area contributed by atoms with Crippen LogP contribution in [-0.2, 0) is 12.8 Å². The Hall–Kier alpha value is -2.65. The van der Waals surface area contributed by atoms with Crippen molar-refractivity contribution in [3.05, 3.63) is 35.7 Å². The third-order valence-electron chi connectivity index (χ3n) is 3.02. The number of ether oxygens (including phenoxy) is 1. The van der Waals surface area contributed by atoms with Crippen molar-refractivity contribution in [1.29, 1.82) is 0 Å². The van der Waals surface area contributed by atoms with Crippen molar-refractivity contribution in [2.24, 2.45) is 0 Å². The van der Waals surface area contributed by atoms with Gasteiger partial charge in [0.05, 0.1) is 5.56 Å². The summed E-state index contributed by atoms with van der Waals surface area (Å²) in [6, 6.07) is 1.74. The molecule has 3 rings (SSSR count). The standard InChI is InChI=1S/C13H12F3N5O2/c1-7(2)12-19-10(23-20-12)5-22-11-4-8(13(14,15)16)3-9-17-6-18-21(9)11/h3-4,6-7H,5H2,1-2H3. The Morgan fingerprint density at radius 2 is 2.09 bits per heavy atom. The number of hydrogen-bond donors (Lipinski definition) is 0. The van der Waals surface area contributed by atoms with E-state index in [9.17, 15) is 13.2 Å². The van der Waals surface area contributed by atoms with Crippen LogP contribution >= 0.6 is 0 Å². The summed E-state index contributed by atoms with van der Waals surface area (Å²) < 4.78 is 50.2. The van der Waals surface area contributed by atoms with Gasteiger partial charge in [0.1, 0.15) is 6.33 Å². The van der Waals surface area contributed by atoms with E-state index in [1.807, 2.05) is 13.8 Å². The van der Waals surface area contributed by atoms with Crippen LogP contribution < -0.4 is 4.74 Å². The van der Waals surface area contributed by atoms with E-state index in [0.29, 0.717) is 5.82 Å². The van der Waals surface area contributed by atoms with Gasteiger partial charge in [-0.2, -0.15) is 27.8 Å². The molecule has 7 nitrogen and oxygen atoms in total. The van der Waals surface area contributed by atoms with Crippen LogP contribution in [-0.4, -0.2) is 24.7 Å². The van der Waals surface area contributed by atoms with Crippen LogP contribution in [0.25, 0.3) is 5.65 Å². The van der Waals surface area contributed by atoms with Crippen molar-refractivity contribution in [3.63, 3.8) is 0 Å². The fourth-order valence-electron chi connectivity index (χ4n) is 1.86. The van der Waals surface area contributed by atoms with Gasteiger partial charge in [-0.05, 0) is 6.07 Å². The van der Waals surface area contributed by atoms with Crippen molar-refractivity contribution < 1.29 is 22.4 Å². The number of alkyl halides is 3. The van der Waals surface area contributed by atoms with Gasteiger partial charge < -0.3 is 9.26 Å². The maximum Gasteiger partial charge on any atom is 0.416 e. The molecule has 3 aromatic heterocycles. The highest BCUT2D eigenvalue weighted by molar-refractivity contribution is 5.45. The predicted octanol–water partition coefficient (Wildman–Crippen LogP) is 2.83. The van der Waals surface area contributed by atoms with E-state index < -0.39 is 11.7 Å². The molecule has 0 unspecified atom stereocenters. The molecule has 0 aromatic carbocycles. The van der Waals surface area contributed by atoms with Crippen LogP contribution in [0, 0.1) is 0 Å². The molecule has 10 heteroatoms. The molecule has 0 saturated heterocycles. The third-order valence-corrected chi connectivity index (χ3v) is 3.02. The highest BCUT2D eigenvalue weighted by atomic mass is 19.4. The van der Waals surface area contributed by atoms with Crippen molar-refractivity contribution in [2.75, 3.05) is 0 Å². The Kier molecular flexibility index (Phi) is 3.66. The highest BCUT2D eigenvalue weighted by Gasteiger charge is 2.32. The number of fused-ring (bicyclic) bond motifs is 1. The first kappa shape index (κ1) is 15.3. The van der Waals surface area contributed by atoms with Gasteiger partial charge >= 0.3 is 6.18 Å². The Morgan fingerprint density at radius 3 is 2.74 bits per heavy atom. The SMILES string of the molecule is CC(C)c1noc(COc2cc(C(F)(F)F)cc3ncnn23)n1. The molecule has 0 amide bonds. The predicted molar refractivity (Wildman–Crippen MR) is 70.7 cm³/mol. The fourth-order valence-corrected chi connectivity index (χ4v) is 1.86. The van der Waals surface area contributed by atoms with Gasteiger partial charge in [-0.3, -0.25) is 0 Å². The zero-order valence-corrected chi connectivity index (χ0v) is 12.2. The fraction of sp³-hybridized carbons (Fsp3) is 0.385. The van der Waals surface area contributed by atoms with Crippen LogP contribution in [0.1, 0.15) is 37.0 Å². The average molecular weight is 327 g/mol. The number of pyridine rings is 1. The third kappa shape index (κ3) is 3.10. The number of halogens is 3. The molecule has 122 valence electrons. The lowest BCUT2D eigenvalue weighted by atomic mass is 10.2. The molecule has 0 bridgehead atoms. The summed E-state index contributed by atoms with van der Waals surface area (Å²) in [6.45, 7) is 3.61. The maximum absolute atomic E-state index is 12.9. The number of hydrogen-bond acceptors (Lipinski definition) is 6. The first-order chi connectivity index (χ1) is 10.8. The van der Waals surface area contributed by atoms with E-state index in [4.69, 9.17) is 9.26 Å². The Bertz CT molecular complexity index is 824. The second-order valence-electron chi connectivity index (χ2n) is 5.10. The first-order valence-corrected chi connectivity index (χ1v) is 6.71. The minimum absolute atomic E-state index is 0.0308. The minimum atomic E-state index is -4.51. The lowest BCUT2D eigenvalue weighted by Gasteiger charge is -2.10. The summed E-state index contributed by atoms with van der Waals surface area (Å²) in [5.41, 5.74) is -0.843. The zero-order chi connectivity index (χ0) is 16.6. The van der Waals surface area contributed by atoms with Crippen molar-refractivity contribution in [2.45, 2.75) is 32.5 Å². The summed E-state index contributed by atoms with van der Waals surface area (Å²) in [7, 11) is 0. The quantitative estimate of drug-likeness (QED) is 0.733. The normalized spacial score (nSPS) is 12.3. The lowest BCUT2D eigenvalue weighted by Crippen LogP contribution is -2.09. The smallest absolute Gasteiger partial charge is 0.416 e. The van der Waals surface area contributed by atoms with E-state index in [1.54, 1.807) is 0 Å². The van der Waals surface area contributed by atoms with Gasteiger partial charge in [0, 0.05) is 12.0 Å². The monoisotopic (exact) mass is 327 g/mol. The van der Waals surface area contributed by atoms with E-state index in [2.05, 4.69) is 20.2 Å². The van der Waals surface area contributed by atoms with Gasteiger partial charge in [-0.1, -0.05) is 19.0 Å². The molecule has 0 saturated carbocycles. The zero-order valence-electron chi connectivity index (χ0n) is 12.2. The summed E-state index contributed by atoms with van der Waals surface area (Å²) in [5, 5.41) is 7.59. The molecule has 3 heterocycles. The minimum Gasteiger partial charge on any atom is -0.467 e. The molecule has 0 aliphatic rings. The summed E-state index contributed by atoms with van der Waals surface area (Å²) >= 11 is 0.